The maximum Gasteiger partial charge on any atom is 0.409 e. The summed E-state index contributed by atoms with van der Waals surface area (Å²) in [5, 5.41) is 1.06. The molecule has 6 rings (SSSR count). The van der Waals surface area contributed by atoms with Crippen LogP contribution in [0, 0.1) is 5.92 Å². The van der Waals surface area contributed by atoms with Crippen LogP contribution in [-0.2, 0) is 14.3 Å². The van der Waals surface area contributed by atoms with Crippen molar-refractivity contribution < 1.29 is 23.5 Å². The summed E-state index contributed by atoms with van der Waals surface area (Å²) in [6.45, 7) is 2.57. The van der Waals surface area contributed by atoms with Gasteiger partial charge in [-0.25, -0.2) is 9.79 Å². The summed E-state index contributed by atoms with van der Waals surface area (Å²) in [5.74, 6) is 0.853. The molecule has 0 saturated carbocycles. The number of hydrogen-bond donors (Lipinski definition) is 0. The molecule has 2 amide bonds. The molecule has 2 aromatic carbocycles. The van der Waals surface area contributed by atoms with Crippen LogP contribution in [0.4, 0.5) is 4.79 Å². The van der Waals surface area contributed by atoms with Gasteiger partial charge in [0.05, 0.1) is 20.0 Å². The van der Waals surface area contributed by atoms with Crippen LogP contribution < -0.4 is 0 Å². The summed E-state index contributed by atoms with van der Waals surface area (Å²) in [7, 11) is 1.39. The molecule has 0 bridgehead atoms. The van der Waals surface area contributed by atoms with E-state index in [1.165, 1.54) is 7.11 Å². The number of furan rings is 1. The number of likely N-dealkylation sites (tertiary alicyclic amines) is 1. The molecule has 2 unspecified atom stereocenters. The Morgan fingerprint density at radius 3 is 2.71 bits per heavy atom. The van der Waals surface area contributed by atoms with Crippen LogP contribution in [0.1, 0.15) is 18.4 Å². The average molecular weight is 474 g/mol. The highest BCUT2D eigenvalue weighted by atomic mass is 16.5. The number of rotatable bonds is 4. The van der Waals surface area contributed by atoms with Gasteiger partial charge in [-0.3, -0.25) is 9.69 Å². The zero-order chi connectivity index (χ0) is 24.0. The van der Waals surface area contributed by atoms with Gasteiger partial charge >= 0.3 is 6.09 Å². The number of carbonyl (C=O) groups excluding carboxylic acids is 2. The van der Waals surface area contributed by atoms with Gasteiger partial charge in [0.25, 0.3) is 5.91 Å². The zero-order valence-electron chi connectivity index (χ0n) is 19.6. The van der Waals surface area contributed by atoms with Crippen molar-refractivity contribution in [2.45, 2.75) is 18.4 Å². The maximum atomic E-state index is 13.6. The average Bonchev–Trinajstić information content (AvgIpc) is 3.69. The molecule has 8 heteroatoms. The molecule has 2 atom stereocenters. The first-order chi connectivity index (χ1) is 17.1. The number of carbonyl (C=O) groups is 2. The molecule has 2 saturated heterocycles. The van der Waals surface area contributed by atoms with Crippen molar-refractivity contribution in [2.24, 2.45) is 10.9 Å². The normalized spacial score (nSPS) is 24.1. The third kappa shape index (κ3) is 3.78. The highest BCUT2D eigenvalue weighted by Gasteiger charge is 2.51. The largest absolute Gasteiger partial charge is 0.464 e. The van der Waals surface area contributed by atoms with E-state index in [0.29, 0.717) is 45.1 Å². The number of nitrogens with zero attached hydrogens (tertiary/aromatic N) is 3. The molecular weight excluding hydrogens is 446 g/mol. The molecule has 4 heterocycles. The van der Waals surface area contributed by atoms with E-state index in [0.717, 1.165) is 34.1 Å². The van der Waals surface area contributed by atoms with Gasteiger partial charge in [-0.15, -0.1) is 0 Å². The first-order valence-electron chi connectivity index (χ1n) is 12.0. The van der Waals surface area contributed by atoms with Gasteiger partial charge in [-0.1, -0.05) is 30.3 Å². The molecule has 0 aliphatic carbocycles. The summed E-state index contributed by atoms with van der Waals surface area (Å²) in [6.07, 6.45) is 2.79. The molecule has 3 aliphatic heterocycles. The minimum absolute atomic E-state index is 0.00370. The van der Waals surface area contributed by atoms with Crippen LogP contribution in [0.2, 0.25) is 0 Å². The second kappa shape index (κ2) is 8.53. The van der Waals surface area contributed by atoms with Crippen LogP contribution in [0.25, 0.3) is 22.1 Å². The van der Waals surface area contributed by atoms with E-state index in [-0.39, 0.29) is 17.9 Å². The van der Waals surface area contributed by atoms with Crippen LogP contribution >= 0.6 is 0 Å². The number of ether oxygens (including phenoxy) is 2. The van der Waals surface area contributed by atoms with E-state index >= 15 is 0 Å². The molecule has 8 nitrogen and oxygen atoms in total. The molecule has 2 fully saturated rings. The summed E-state index contributed by atoms with van der Waals surface area (Å²) < 4.78 is 15.9. The van der Waals surface area contributed by atoms with Crippen LogP contribution in [-0.4, -0.2) is 73.1 Å². The standard InChI is InChI=1S/C27H27N3O5/c1-33-26(32)29-11-8-18(15-29)16-30-24(28-27(25(30)31)10-13-34-17-27)20-4-2-19(3-5-20)21-6-7-23-22(14-21)9-12-35-23/h2-7,9,12,14,18H,8,10-11,13,15-17H2,1H3. The quantitative estimate of drug-likeness (QED) is 0.573. The lowest BCUT2D eigenvalue weighted by molar-refractivity contribution is -0.131. The molecule has 3 aliphatic rings. The van der Waals surface area contributed by atoms with Crippen molar-refractivity contribution in [1.29, 1.82) is 0 Å². The maximum absolute atomic E-state index is 13.6. The highest BCUT2D eigenvalue weighted by Crippen LogP contribution is 2.35. The fraction of sp³-hybridized carbons (Fsp3) is 0.370. The van der Waals surface area contributed by atoms with Gasteiger partial charge in [-0.2, -0.15) is 0 Å². The molecule has 0 N–H and O–H groups in total. The van der Waals surface area contributed by atoms with Gasteiger partial charge in [0, 0.05) is 43.6 Å². The molecule has 35 heavy (non-hydrogen) atoms. The van der Waals surface area contributed by atoms with E-state index in [1.807, 2.05) is 35.2 Å². The van der Waals surface area contributed by atoms with E-state index in [2.05, 4.69) is 18.2 Å². The van der Waals surface area contributed by atoms with E-state index < -0.39 is 5.54 Å². The first-order valence-corrected chi connectivity index (χ1v) is 12.0. The van der Waals surface area contributed by atoms with Crippen molar-refractivity contribution in [2.75, 3.05) is 40.0 Å². The van der Waals surface area contributed by atoms with Crippen LogP contribution in [0.5, 0.6) is 0 Å². The van der Waals surface area contributed by atoms with Gasteiger partial charge in [0.15, 0.2) is 5.54 Å². The van der Waals surface area contributed by atoms with Crippen molar-refractivity contribution in [3.05, 3.63) is 60.4 Å². The Hall–Kier alpha value is -3.65. The predicted molar refractivity (Wildman–Crippen MR) is 130 cm³/mol. The molecule has 180 valence electrons. The van der Waals surface area contributed by atoms with Crippen molar-refractivity contribution in [3.63, 3.8) is 0 Å². The van der Waals surface area contributed by atoms with Gasteiger partial charge in [0.2, 0.25) is 0 Å². The Labute approximate surface area is 203 Å². The number of hydrogen-bond acceptors (Lipinski definition) is 6. The van der Waals surface area contributed by atoms with Gasteiger partial charge in [-0.05, 0) is 41.7 Å². The summed E-state index contributed by atoms with van der Waals surface area (Å²) >= 11 is 0. The Kier molecular flexibility index (Phi) is 5.33. The third-order valence-electron chi connectivity index (χ3n) is 7.31. The van der Waals surface area contributed by atoms with Crippen molar-refractivity contribution in [3.8, 4) is 11.1 Å². The SMILES string of the molecule is COC(=O)N1CCC(CN2C(=O)C3(CCOC3)N=C2c2ccc(-c3ccc4occc4c3)cc2)C1. The fourth-order valence-electron chi connectivity index (χ4n) is 5.35. The van der Waals surface area contributed by atoms with Crippen LogP contribution in [0.3, 0.4) is 0 Å². The minimum Gasteiger partial charge on any atom is -0.464 e. The van der Waals surface area contributed by atoms with E-state index in [4.69, 9.17) is 18.9 Å². The Morgan fingerprint density at radius 2 is 1.94 bits per heavy atom. The third-order valence-corrected chi connectivity index (χ3v) is 7.31. The smallest absolute Gasteiger partial charge is 0.409 e. The fourth-order valence-corrected chi connectivity index (χ4v) is 5.35. The van der Waals surface area contributed by atoms with Gasteiger partial charge in [0.1, 0.15) is 11.4 Å². The van der Waals surface area contributed by atoms with Crippen molar-refractivity contribution in [1.82, 2.24) is 9.80 Å². The molecule has 1 spiro atoms. The lowest BCUT2D eigenvalue weighted by Gasteiger charge is -2.25. The minimum atomic E-state index is -0.832. The number of aliphatic imine (C=N–C) groups is 1. The topological polar surface area (TPSA) is 84.6 Å². The summed E-state index contributed by atoms with van der Waals surface area (Å²) in [5.41, 5.74) is 3.11. The Balaban J connectivity index is 1.27. The number of fused-ring (bicyclic) bond motifs is 1. The predicted octanol–water partition coefficient (Wildman–Crippen LogP) is 3.94. The summed E-state index contributed by atoms with van der Waals surface area (Å²) in [6, 6.07) is 16.3. The number of amides is 2. The number of amidine groups is 1. The summed E-state index contributed by atoms with van der Waals surface area (Å²) in [4.78, 5) is 34.0. The molecule has 3 aromatic rings. The second-order valence-corrected chi connectivity index (χ2v) is 9.51. The van der Waals surface area contributed by atoms with Crippen molar-refractivity contribution >= 4 is 28.8 Å². The molecule has 1 aromatic heterocycles. The zero-order valence-corrected chi connectivity index (χ0v) is 19.6. The van der Waals surface area contributed by atoms with Crippen LogP contribution in [0.15, 0.2) is 64.2 Å². The highest BCUT2D eigenvalue weighted by molar-refractivity contribution is 6.15. The van der Waals surface area contributed by atoms with E-state index in [9.17, 15) is 9.59 Å². The van der Waals surface area contributed by atoms with E-state index in [1.54, 1.807) is 11.2 Å². The van der Waals surface area contributed by atoms with Gasteiger partial charge < -0.3 is 18.8 Å². The lowest BCUT2D eigenvalue weighted by atomic mass is 9.98. The molecular formula is C27H27N3O5. The number of methoxy groups -OCH3 is 1. The Bertz CT molecular complexity index is 1310. The lowest BCUT2D eigenvalue weighted by Crippen LogP contribution is -2.45. The number of benzene rings is 2. The second-order valence-electron chi connectivity index (χ2n) is 9.51. The molecule has 0 radical (unpaired) electrons. The Morgan fingerprint density at radius 1 is 1.14 bits per heavy atom. The first kappa shape index (κ1) is 21.9. The monoisotopic (exact) mass is 473 g/mol.